The number of methoxy groups -OCH3 is 1. The molecule has 5 rings (SSSR count). The SMILES string of the molecule is CCCCOc1nc(C)cc(OC)c1CN1CCn2ccc3cc(C(O)C4COC4)c(Cl)c(c32)C1=O. The molecule has 1 unspecified atom stereocenters. The normalized spacial score (nSPS) is 16.7. The summed E-state index contributed by atoms with van der Waals surface area (Å²) in [5.74, 6) is 0.902. The Morgan fingerprint density at radius 1 is 1.31 bits per heavy atom. The van der Waals surface area contributed by atoms with Crippen LogP contribution in [-0.4, -0.2) is 58.9 Å². The zero-order valence-corrected chi connectivity index (χ0v) is 21.7. The second-order valence-corrected chi connectivity index (χ2v) is 9.90. The van der Waals surface area contributed by atoms with Gasteiger partial charge in [-0.15, -0.1) is 0 Å². The second-order valence-electron chi connectivity index (χ2n) is 9.52. The molecule has 0 radical (unpaired) electrons. The van der Waals surface area contributed by atoms with E-state index < -0.39 is 6.10 Å². The predicted octanol–water partition coefficient (Wildman–Crippen LogP) is 4.52. The third kappa shape index (κ3) is 4.42. The summed E-state index contributed by atoms with van der Waals surface area (Å²) < 4.78 is 19.0. The maximum Gasteiger partial charge on any atom is 0.257 e. The minimum atomic E-state index is -0.792. The number of aryl methyl sites for hydroxylation is 1. The molecule has 1 atom stereocenters. The number of pyridine rings is 1. The van der Waals surface area contributed by atoms with Crippen molar-refractivity contribution in [3.8, 4) is 11.6 Å². The highest BCUT2D eigenvalue weighted by Crippen LogP contribution is 2.40. The quantitative estimate of drug-likeness (QED) is 0.423. The number of unbranched alkanes of at least 4 members (excludes halogenated alkanes) is 1. The molecule has 9 heteroatoms. The topological polar surface area (TPSA) is 86.1 Å². The number of rotatable bonds is 9. The second kappa shape index (κ2) is 10.3. The molecule has 4 heterocycles. The monoisotopic (exact) mass is 513 g/mol. The summed E-state index contributed by atoms with van der Waals surface area (Å²) in [7, 11) is 1.61. The van der Waals surface area contributed by atoms with Crippen LogP contribution in [0.4, 0.5) is 0 Å². The molecule has 3 aromatic rings. The molecular formula is C27H32ClN3O5. The Kier molecular flexibility index (Phi) is 7.10. The molecular weight excluding hydrogens is 482 g/mol. The number of halogens is 1. The number of carbonyl (C=O) groups excluding carboxylic acids is 1. The first-order valence-electron chi connectivity index (χ1n) is 12.5. The van der Waals surface area contributed by atoms with E-state index in [2.05, 4.69) is 16.5 Å². The summed E-state index contributed by atoms with van der Waals surface area (Å²) in [5.41, 5.74) is 3.29. The van der Waals surface area contributed by atoms with E-state index in [0.717, 1.165) is 35.0 Å². The number of aromatic nitrogens is 2. The molecule has 2 aliphatic rings. The summed E-state index contributed by atoms with van der Waals surface area (Å²) in [4.78, 5) is 20.4. The number of carbonyl (C=O) groups is 1. The molecule has 1 saturated heterocycles. The van der Waals surface area contributed by atoms with Gasteiger partial charge < -0.3 is 28.8 Å². The van der Waals surface area contributed by atoms with Gasteiger partial charge in [0, 0.05) is 47.9 Å². The molecule has 1 aromatic carbocycles. The van der Waals surface area contributed by atoms with Crippen molar-refractivity contribution >= 4 is 28.4 Å². The Morgan fingerprint density at radius 3 is 2.81 bits per heavy atom. The summed E-state index contributed by atoms with van der Waals surface area (Å²) in [6.07, 6.45) is 3.09. The molecule has 0 spiro atoms. The van der Waals surface area contributed by atoms with Crippen LogP contribution < -0.4 is 9.47 Å². The number of aliphatic hydroxyl groups is 1. The van der Waals surface area contributed by atoms with Crippen LogP contribution in [-0.2, 0) is 17.8 Å². The van der Waals surface area contributed by atoms with Crippen LogP contribution in [0.3, 0.4) is 0 Å². The fraction of sp³-hybridized carbons (Fsp3) is 0.481. The van der Waals surface area contributed by atoms with Gasteiger partial charge in [0.05, 0.1) is 61.2 Å². The molecule has 192 valence electrons. The van der Waals surface area contributed by atoms with Crippen LogP contribution in [0.15, 0.2) is 24.4 Å². The number of nitrogens with zero attached hydrogens (tertiary/aromatic N) is 3. The van der Waals surface area contributed by atoms with Gasteiger partial charge >= 0.3 is 0 Å². The van der Waals surface area contributed by atoms with E-state index in [0.29, 0.717) is 60.7 Å². The molecule has 1 fully saturated rings. The Balaban J connectivity index is 1.54. The van der Waals surface area contributed by atoms with Crippen molar-refractivity contribution < 1.29 is 24.1 Å². The highest BCUT2D eigenvalue weighted by atomic mass is 35.5. The van der Waals surface area contributed by atoms with Crippen molar-refractivity contribution in [2.75, 3.05) is 33.5 Å². The fourth-order valence-electron chi connectivity index (χ4n) is 4.89. The Hall–Kier alpha value is -2.81. The van der Waals surface area contributed by atoms with Crippen LogP contribution in [0, 0.1) is 12.8 Å². The van der Waals surface area contributed by atoms with Gasteiger partial charge in [0.2, 0.25) is 5.88 Å². The van der Waals surface area contributed by atoms with E-state index >= 15 is 0 Å². The highest BCUT2D eigenvalue weighted by Gasteiger charge is 2.34. The van der Waals surface area contributed by atoms with Gasteiger partial charge in [-0.25, -0.2) is 4.98 Å². The van der Waals surface area contributed by atoms with Crippen molar-refractivity contribution in [1.82, 2.24) is 14.5 Å². The summed E-state index contributed by atoms with van der Waals surface area (Å²) in [6, 6.07) is 5.73. The van der Waals surface area contributed by atoms with Crippen molar-refractivity contribution in [3.63, 3.8) is 0 Å². The molecule has 2 aromatic heterocycles. The smallest absolute Gasteiger partial charge is 0.257 e. The molecule has 36 heavy (non-hydrogen) atoms. The van der Waals surface area contributed by atoms with Gasteiger partial charge in [0.25, 0.3) is 5.91 Å². The first-order chi connectivity index (χ1) is 17.4. The van der Waals surface area contributed by atoms with Crippen LogP contribution in [0.1, 0.15) is 53.0 Å². The molecule has 0 aliphatic carbocycles. The largest absolute Gasteiger partial charge is 0.496 e. The van der Waals surface area contributed by atoms with Crippen LogP contribution in [0.25, 0.3) is 10.9 Å². The molecule has 0 saturated carbocycles. The standard InChI is InChI=1S/C27H32ClN3O5/c1-4-5-10-36-26-20(21(34-3)11-16(2)29-26)13-31-9-8-30-7-6-17-12-19(25(32)18-14-35-15-18)23(28)22(24(17)30)27(31)33/h6-7,11-12,18,25,32H,4-5,8-10,13-15H2,1-3H3. The number of aliphatic hydroxyl groups excluding tert-OH is 1. The van der Waals surface area contributed by atoms with Gasteiger partial charge in [0.15, 0.2) is 0 Å². The van der Waals surface area contributed by atoms with Crippen molar-refractivity contribution in [3.05, 3.63) is 51.8 Å². The predicted molar refractivity (Wildman–Crippen MR) is 137 cm³/mol. The molecule has 1 N–H and O–H groups in total. The molecule has 2 aliphatic heterocycles. The van der Waals surface area contributed by atoms with E-state index in [1.165, 1.54) is 0 Å². The van der Waals surface area contributed by atoms with Gasteiger partial charge in [0.1, 0.15) is 5.75 Å². The van der Waals surface area contributed by atoms with Crippen molar-refractivity contribution in [2.24, 2.45) is 5.92 Å². The van der Waals surface area contributed by atoms with Gasteiger partial charge in [-0.3, -0.25) is 4.79 Å². The molecule has 0 bridgehead atoms. The average molecular weight is 514 g/mol. The lowest BCUT2D eigenvalue weighted by Crippen LogP contribution is -2.34. The minimum absolute atomic E-state index is 0.0306. The summed E-state index contributed by atoms with van der Waals surface area (Å²) >= 11 is 6.88. The van der Waals surface area contributed by atoms with Crippen molar-refractivity contribution in [1.29, 1.82) is 0 Å². The zero-order chi connectivity index (χ0) is 25.4. The lowest BCUT2D eigenvalue weighted by Gasteiger charge is -2.31. The number of hydrogen-bond acceptors (Lipinski definition) is 6. The lowest BCUT2D eigenvalue weighted by molar-refractivity contribution is -0.0923. The molecule has 8 nitrogen and oxygen atoms in total. The maximum absolute atomic E-state index is 14.0. The van der Waals surface area contributed by atoms with E-state index in [-0.39, 0.29) is 18.4 Å². The third-order valence-corrected chi connectivity index (χ3v) is 7.44. The van der Waals surface area contributed by atoms with E-state index in [1.807, 2.05) is 31.3 Å². The number of hydrogen-bond donors (Lipinski definition) is 1. The molecule has 1 amide bonds. The summed E-state index contributed by atoms with van der Waals surface area (Å²) in [6.45, 7) is 6.86. The number of ether oxygens (including phenoxy) is 3. The third-order valence-electron chi connectivity index (χ3n) is 7.04. The number of benzene rings is 1. The van der Waals surface area contributed by atoms with Crippen LogP contribution in [0.2, 0.25) is 5.02 Å². The fourth-order valence-corrected chi connectivity index (χ4v) is 5.23. The lowest BCUT2D eigenvalue weighted by atomic mass is 9.92. The Labute approximate surface area is 215 Å². The zero-order valence-electron chi connectivity index (χ0n) is 20.9. The van der Waals surface area contributed by atoms with E-state index in [4.69, 9.17) is 25.8 Å². The van der Waals surface area contributed by atoms with E-state index in [9.17, 15) is 9.90 Å². The van der Waals surface area contributed by atoms with Crippen LogP contribution in [0.5, 0.6) is 11.6 Å². The maximum atomic E-state index is 14.0. The number of amides is 1. The Bertz CT molecular complexity index is 1290. The summed E-state index contributed by atoms with van der Waals surface area (Å²) in [5, 5.41) is 12.2. The first-order valence-corrected chi connectivity index (χ1v) is 12.8. The Morgan fingerprint density at radius 2 is 2.11 bits per heavy atom. The van der Waals surface area contributed by atoms with Gasteiger partial charge in [-0.2, -0.15) is 0 Å². The average Bonchev–Trinajstić information content (AvgIpc) is 3.16. The van der Waals surface area contributed by atoms with Gasteiger partial charge in [-0.1, -0.05) is 24.9 Å². The van der Waals surface area contributed by atoms with E-state index in [1.54, 1.807) is 12.0 Å². The van der Waals surface area contributed by atoms with Gasteiger partial charge in [-0.05, 0) is 25.5 Å². The minimum Gasteiger partial charge on any atom is -0.496 e. The first kappa shape index (κ1) is 24.9. The van der Waals surface area contributed by atoms with Crippen molar-refractivity contribution in [2.45, 2.75) is 45.9 Å². The van der Waals surface area contributed by atoms with Crippen LogP contribution >= 0.6 is 11.6 Å². The highest BCUT2D eigenvalue weighted by molar-refractivity contribution is 6.36.